The summed E-state index contributed by atoms with van der Waals surface area (Å²) in [7, 11) is 0. The standard InChI is InChI=1S/C12H17NOS/c1-9(2)12(6-5-11(14)13-12)8-10-4-3-7-15-10/h3-4,7,9H,5-6,8H2,1-2H3,(H,13,14). The van der Waals surface area contributed by atoms with E-state index in [1.807, 2.05) is 0 Å². The van der Waals surface area contributed by atoms with Crippen LogP contribution in [0.2, 0.25) is 0 Å². The van der Waals surface area contributed by atoms with Gasteiger partial charge in [-0.15, -0.1) is 11.3 Å². The summed E-state index contributed by atoms with van der Waals surface area (Å²) in [4.78, 5) is 12.8. The fraction of sp³-hybridized carbons (Fsp3) is 0.583. The van der Waals surface area contributed by atoms with Crippen LogP contribution in [-0.4, -0.2) is 11.4 Å². The van der Waals surface area contributed by atoms with Crippen LogP contribution in [0, 0.1) is 5.92 Å². The number of nitrogens with one attached hydrogen (secondary N) is 1. The number of thiophene rings is 1. The third kappa shape index (κ3) is 2.07. The van der Waals surface area contributed by atoms with E-state index in [9.17, 15) is 4.79 Å². The average Bonchev–Trinajstić information content (AvgIpc) is 2.77. The van der Waals surface area contributed by atoms with Gasteiger partial charge in [-0.1, -0.05) is 19.9 Å². The molecule has 0 spiro atoms. The molecule has 1 aliphatic rings. The Bertz CT molecular complexity index is 345. The molecule has 1 aromatic rings. The molecule has 0 radical (unpaired) electrons. The molecular formula is C12H17NOS. The second-order valence-corrected chi connectivity index (χ2v) is 5.65. The molecule has 1 fully saturated rings. The number of rotatable bonds is 3. The zero-order chi connectivity index (χ0) is 10.9. The molecule has 2 rings (SSSR count). The van der Waals surface area contributed by atoms with Crippen LogP contribution in [-0.2, 0) is 11.2 Å². The molecule has 1 amide bonds. The van der Waals surface area contributed by atoms with Crippen LogP contribution in [0.4, 0.5) is 0 Å². The van der Waals surface area contributed by atoms with Gasteiger partial charge in [0.05, 0.1) is 0 Å². The van der Waals surface area contributed by atoms with Gasteiger partial charge in [0.25, 0.3) is 0 Å². The summed E-state index contributed by atoms with van der Waals surface area (Å²) in [6.07, 6.45) is 2.64. The Morgan fingerprint density at radius 2 is 2.40 bits per heavy atom. The Labute approximate surface area is 94.7 Å². The first kappa shape index (κ1) is 10.7. The monoisotopic (exact) mass is 223 g/mol. The van der Waals surface area contributed by atoms with Crippen LogP contribution < -0.4 is 5.32 Å². The molecule has 0 bridgehead atoms. The normalized spacial score (nSPS) is 25.9. The summed E-state index contributed by atoms with van der Waals surface area (Å²) in [6.45, 7) is 4.39. The highest BCUT2D eigenvalue weighted by Crippen LogP contribution is 2.32. The van der Waals surface area contributed by atoms with Gasteiger partial charge < -0.3 is 5.32 Å². The van der Waals surface area contributed by atoms with Gasteiger partial charge in [0.15, 0.2) is 0 Å². The van der Waals surface area contributed by atoms with E-state index in [1.54, 1.807) is 11.3 Å². The minimum Gasteiger partial charge on any atom is -0.350 e. The average molecular weight is 223 g/mol. The topological polar surface area (TPSA) is 29.1 Å². The predicted octanol–water partition coefficient (Wildman–Crippen LogP) is 2.60. The maximum atomic E-state index is 11.4. The molecule has 1 atom stereocenters. The molecule has 1 N–H and O–H groups in total. The zero-order valence-corrected chi connectivity index (χ0v) is 10.1. The van der Waals surface area contributed by atoms with Crippen molar-refractivity contribution in [1.29, 1.82) is 0 Å². The molecule has 1 aromatic heterocycles. The first-order valence-corrected chi connectivity index (χ1v) is 6.34. The van der Waals surface area contributed by atoms with Crippen LogP contribution in [0.25, 0.3) is 0 Å². The minimum absolute atomic E-state index is 0.00192. The molecule has 0 aromatic carbocycles. The third-order valence-electron chi connectivity index (χ3n) is 3.36. The van der Waals surface area contributed by atoms with E-state index in [1.165, 1.54) is 4.88 Å². The maximum absolute atomic E-state index is 11.4. The predicted molar refractivity (Wildman–Crippen MR) is 63.0 cm³/mol. The molecule has 1 saturated heterocycles. The van der Waals surface area contributed by atoms with E-state index in [0.29, 0.717) is 12.3 Å². The zero-order valence-electron chi connectivity index (χ0n) is 9.25. The van der Waals surface area contributed by atoms with Crippen molar-refractivity contribution in [3.8, 4) is 0 Å². The fourth-order valence-electron chi connectivity index (χ4n) is 2.23. The highest BCUT2D eigenvalue weighted by atomic mass is 32.1. The van der Waals surface area contributed by atoms with Crippen LogP contribution in [0.1, 0.15) is 31.6 Å². The lowest BCUT2D eigenvalue weighted by Gasteiger charge is -2.33. The molecule has 15 heavy (non-hydrogen) atoms. The van der Waals surface area contributed by atoms with E-state index in [4.69, 9.17) is 0 Å². The van der Waals surface area contributed by atoms with E-state index in [-0.39, 0.29) is 11.4 Å². The number of hydrogen-bond acceptors (Lipinski definition) is 2. The minimum atomic E-state index is 0.00192. The highest BCUT2D eigenvalue weighted by molar-refractivity contribution is 7.09. The van der Waals surface area contributed by atoms with E-state index in [2.05, 4.69) is 36.7 Å². The third-order valence-corrected chi connectivity index (χ3v) is 4.24. The molecule has 3 heteroatoms. The lowest BCUT2D eigenvalue weighted by Crippen LogP contribution is -2.47. The van der Waals surface area contributed by atoms with Gasteiger partial charge in [-0.05, 0) is 23.8 Å². The molecule has 0 saturated carbocycles. The van der Waals surface area contributed by atoms with Crippen LogP contribution in [0.3, 0.4) is 0 Å². The van der Waals surface area contributed by atoms with E-state index >= 15 is 0 Å². The van der Waals surface area contributed by atoms with Crippen LogP contribution >= 0.6 is 11.3 Å². The Balaban J connectivity index is 2.17. The second kappa shape index (κ2) is 3.97. The number of hydrogen-bond donors (Lipinski definition) is 1. The molecule has 1 aliphatic heterocycles. The van der Waals surface area contributed by atoms with Crippen LogP contribution in [0.5, 0.6) is 0 Å². The summed E-state index contributed by atoms with van der Waals surface area (Å²) in [5, 5.41) is 5.27. The van der Waals surface area contributed by atoms with Gasteiger partial charge in [-0.3, -0.25) is 4.79 Å². The molecule has 1 unspecified atom stereocenters. The lowest BCUT2D eigenvalue weighted by molar-refractivity contribution is -0.120. The largest absolute Gasteiger partial charge is 0.350 e. The van der Waals surface area contributed by atoms with Gasteiger partial charge in [-0.2, -0.15) is 0 Å². The van der Waals surface area contributed by atoms with Crippen molar-refractivity contribution < 1.29 is 4.79 Å². The summed E-state index contributed by atoms with van der Waals surface area (Å²) in [5.74, 6) is 0.700. The Morgan fingerprint density at radius 1 is 1.60 bits per heavy atom. The van der Waals surface area contributed by atoms with Crippen molar-refractivity contribution in [3.05, 3.63) is 22.4 Å². The first-order chi connectivity index (χ1) is 7.12. The van der Waals surface area contributed by atoms with Crippen LogP contribution in [0.15, 0.2) is 17.5 Å². The molecule has 2 nitrogen and oxygen atoms in total. The van der Waals surface area contributed by atoms with Gasteiger partial charge in [0.1, 0.15) is 0 Å². The number of carbonyl (C=O) groups excluding carboxylic acids is 1. The van der Waals surface area contributed by atoms with Gasteiger partial charge in [0, 0.05) is 23.3 Å². The summed E-state index contributed by atoms with van der Waals surface area (Å²) < 4.78 is 0. The number of amides is 1. The molecule has 0 aliphatic carbocycles. The van der Waals surface area contributed by atoms with Gasteiger partial charge in [0.2, 0.25) is 5.91 Å². The molecule has 2 heterocycles. The quantitative estimate of drug-likeness (QED) is 0.838. The SMILES string of the molecule is CC(C)C1(Cc2cccs2)CCC(=O)N1. The molecule has 82 valence electrons. The smallest absolute Gasteiger partial charge is 0.220 e. The lowest BCUT2D eigenvalue weighted by atomic mass is 9.81. The van der Waals surface area contributed by atoms with Crippen molar-refractivity contribution >= 4 is 17.2 Å². The fourth-order valence-corrected chi connectivity index (χ4v) is 3.06. The Hall–Kier alpha value is -0.830. The van der Waals surface area contributed by atoms with Gasteiger partial charge >= 0.3 is 0 Å². The van der Waals surface area contributed by atoms with Crippen molar-refractivity contribution in [2.45, 2.75) is 38.6 Å². The molecular weight excluding hydrogens is 206 g/mol. The Morgan fingerprint density at radius 3 is 2.87 bits per heavy atom. The second-order valence-electron chi connectivity index (χ2n) is 4.62. The van der Waals surface area contributed by atoms with E-state index < -0.39 is 0 Å². The van der Waals surface area contributed by atoms with Crippen molar-refractivity contribution in [2.75, 3.05) is 0 Å². The first-order valence-electron chi connectivity index (χ1n) is 5.46. The number of carbonyl (C=O) groups is 1. The van der Waals surface area contributed by atoms with Gasteiger partial charge in [-0.25, -0.2) is 0 Å². The van der Waals surface area contributed by atoms with Crippen molar-refractivity contribution in [2.24, 2.45) is 5.92 Å². The van der Waals surface area contributed by atoms with E-state index in [0.717, 1.165) is 12.8 Å². The maximum Gasteiger partial charge on any atom is 0.220 e. The Kier molecular flexibility index (Phi) is 2.83. The summed E-state index contributed by atoms with van der Waals surface area (Å²) in [5.41, 5.74) is 0.00192. The highest BCUT2D eigenvalue weighted by Gasteiger charge is 2.40. The van der Waals surface area contributed by atoms with Crippen molar-refractivity contribution in [1.82, 2.24) is 5.32 Å². The van der Waals surface area contributed by atoms with Crippen molar-refractivity contribution in [3.63, 3.8) is 0 Å². The summed E-state index contributed by atoms with van der Waals surface area (Å²) in [6, 6.07) is 4.23. The summed E-state index contributed by atoms with van der Waals surface area (Å²) >= 11 is 1.78.